The average molecular weight is 314 g/mol. The summed E-state index contributed by atoms with van der Waals surface area (Å²) >= 11 is 0. The molecule has 0 fully saturated rings. The van der Waals surface area contributed by atoms with Crippen molar-refractivity contribution in [3.8, 4) is 0 Å². The Morgan fingerprint density at radius 3 is 2.87 bits per heavy atom. The number of aliphatic carboxylic acids is 1. The highest BCUT2D eigenvalue weighted by atomic mass is 16.4. The van der Waals surface area contributed by atoms with Crippen LogP contribution in [0.5, 0.6) is 0 Å². The summed E-state index contributed by atoms with van der Waals surface area (Å²) in [5.74, 6) is -1.32. The Labute approximate surface area is 129 Å². The Kier molecular flexibility index (Phi) is 3.80. The van der Waals surface area contributed by atoms with Crippen LogP contribution in [0.25, 0.3) is 16.6 Å². The number of carboxylic acids is 1. The largest absolute Gasteiger partial charge is 0.481 e. The summed E-state index contributed by atoms with van der Waals surface area (Å²) in [6.45, 7) is 0.236. The topological polar surface area (TPSA) is 117 Å². The smallest absolute Gasteiger partial charge is 0.303 e. The van der Waals surface area contributed by atoms with Gasteiger partial charge in [0.25, 0.3) is 11.5 Å². The molecule has 0 bridgehead atoms. The molecule has 8 heteroatoms. The molecule has 0 unspecified atom stereocenters. The van der Waals surface area contributed by atoms with Crippen LogP contribution in [0.3, 0.4) is 0 Å². The molecular formula is C15H14N4O4. The lowest BCUT2D eigenvalue weighted by atomic mass is 10.2. The van der Waals surface area contributed by atoms with Crippen LogP contribution in [0.1, 0.15) is 23.2 Å². The number of amides is 1. The summed E-state index contributed by atoms with van der Waals surface area (Å²) < 4.78 is 1.50. The first kappa shape index (κ1) is 14.8. The lowest BCUT2D eigenvalue weighted by Crippen LogP contribution is -2.25. The van der Waals surface area contributed by atoms with Crippen LogP contribution in [0.2, 0.25) is 0 Å². The summed E-state index contributed by atoms with van der Waals surface area (Å²) in [6.07, 6.45) is 1.69. The first-order valence-electron chi connectivity index (χ1n) is 7.06. The number of rotatable bonds is 5. The zero-order valence-electron chi connectivity index (χ0n) is 12.1. The number of fused-ring (bicyclic) bond motifs is 3. The minimum atomic E-state index is -0.911. The minimum Gasteiger partial charge on any atom is -0.481 e. The van der Waals surface area contributed by atoms with E-state index in [4.69, 9.17) is 5.11 Å². The van der Waals surface area contributed by atoms with Gasteiger partial charge in [0.1, 0.15) is 11.2 Å². The van der Waals surface area contributed by atoms with Crippen LogP contribution in [0.15, 0.2) is 35.3 Å². The van der Waals surface area contributed by atoms with Crippen LogP contribution < -0.4 is 10.9 Å². The highest BCUT2D eigenvalue weighted by Gasteiger charge is 2.15. The van der Waals surface area contributed by atoms with Crippen molar-refractivity contribution >= 4 is 28.4 Å². The molecule has 0 aliphatic rings. The van der Waals surface area contributed by atoms with E-state index in [0.29, 0.717) is 23.0 Å². The van der Waals surface area contributed by atoms with Crippen molar-refractivity contribution < 1.29 is 14.7 Å². The van der Waals surface area contributed by atoms with Gasteiger partial charge in [-0.1, -0.05) is 12.1 Å². The van der Waals surface area contributed by atoms with Gasteiger partial charge in [0.15, 0.2) is 0 Å². The number of carbonyl (C=O) groups excluding carboxylic acids is 1. The van der Waals surface area contributed by atoms with E-state index in [1.165, 1.54) is 10.7 Å². The zero-order valence-corrected chi connectivity index (χ0v) is 12.1. The van der Waals surface area contributed by atoms with Crippen LogP contribution in [0.4, 0.5) is 0 Å². The molecule has 0 aliphatic heterocycles. The predicted molar refractivity (Wildman–Crippen MR) is 82.5 cm³/mol. The minimum absolute atomic E-state index is 0.0174. The van der Waals surface area contributed by atoms with Crippen molar-refractivity contribution in [3.05, 3.63) is 46.4 Å². The molecule has 23 heavy (non-hydrogen) atoms. The molecule has 3 aromatic rings. The second-order valence-corrected chi connectivity index (χ2v) is 5.04. The number of aromatic nitrogens is 3. The third-order valence-corrected chi connectivity index (χ3v) is 3.48. The molecular weight excluding hydrogens is 300 g/mol. The van der Waals surface area contributed by atoms with Crippen LogP contribution >= 0.6 is 0 Å². The number of para-hydroxylation sites is 1. The summed E-state index contributed by atoms with van der Waals surface area (Å²) in [5, 5.41) is 15.8. The molecule has 1 amide bonds. The van der Waals surface area contributed by atoms with Crippen molar-refractivity contribution in [1.82, 2.24) is 19.9 Å². The van der Waals surface area contributed by atoms with Crippen LogP contribution in [-0.2, 0) is 4.79 Å². The van der Waals surface area contributed by atoms with E-state index in [-0.39, 0.29) is 24.1 Å². The fourth-order valence-electron chi connectivity index (χ4n) is 2.38. The molecule has 0 aliphatic carbocycles. The van der Waals surface area contributed by atoms with E-state index >= 15 is 0 Å². The Morgan fingerprint density at radius 2 is 2.09 bits per heavy atom. The molecule has 0 radical (unpaired) electrons. The summed E-state index contributed by atoms with van der Waals surface area (Å²) in [5.41, 5.74) is 0.859. The maximum absolute atomic E-state index is 12.2. The first-order valence-corrected chi connectivity index (χ1v) is 7.06. The zero-order chi connectivity index (χ0) is 16.4. The number of hydrogen-bond acceptors (Lipinski definition) is 4. The molecule has 1 aromatic carbocycles. The highest BCUT2D eigenvalue weighted by molar-refractivity contribution is 6.00. The SMILES string of the molecule is O=C(O)CCCNC(=O)c1cnn2c1[nH]c(=O)c1ccccc12. The molecule has 0 saturated heterocycles. The number of aromatic amines is 1. The van der Waals surface area contributed by atoms with Gasteiger partial charge < -0.3 is 15.4 Å². The molecule has 3 rings (SSSR count). The molecule has 0 atom stereocenters. The number of nitrogens with zero attached hydrogens (tertiary/aromatic N) is 2. The van der Waals surface area contributed by atoms with Crippen molar-refractivity contribution in [3.63, 3.8) is 0 Å². The van der Waals surface area contributed by atoms with Crippen LogP contribution in [0, 0.1) is 0 Å². The van der Waals surface area contributed by atoms with Crippen molar-refractivity contribution in [2.24, 2.45) is 0 Å². The Hall–Kier alpha value is -3.16. The van der Waals surface area contributed by atoms with E-state index in [1.54, 1.807) is 24.3 Å². The Bertz CT molecular complexity index is 957. The Morgan fingerprint density at radius 1 is 1.30 bits per heavy atom. The lowest BCUT2D eigenvalue weighted by molar-refractivity contribution is -0.137. The van der Waals surface area contributed by atoms with Crippen molar-refractivity contribution in [2.75, 3.05) is 6.54 Å². The fraction of sp³-hybridized carbons (Fsp3) is 0.200. The van der Waals surface area contributed by atoms with Gasteiger partial charge in [-0.3, -0.25) is 14.4 Å². The predicted octanol–water partition coefficient (Wildman–Crippen LogP) is 0.770. The van der Waals surface area contributed by atoms with Gasteiger partial charge in [0, 0.05) is 13.0 Å². The molecule has 2 heterocycles. The highest BCUT2D eigenvalue weighted by Crippen LogP contribution is 2.13. The maximum Gasteiger partial charge on any atom is 0.303 e. The molecule has 3 N–H and O–H groups in total. The van der Waals surface area contributed by atoms with Crippen molar-refractivity contribution in [2.45, 2.75) is 12.8 Å². The maximum atomic E-state index is 12.2. The third kappa shape index (κ3) is 2.78. The standard InChI is InChI=1S/C15H14N4O4/c20-12(21)6-3-7-16-14(22)10-8-17-19-11-5-2-1-4-9(11)15(23)18-13(10)19/h1-2,4-5,8H,3,6-7H2,(H,16,22)(H,18,23)(H,20,21). The second kappa shape index (κ2) is 5.91. The number of hydrogen-bond donors (Lipinski definition) is 3. The normalized spacial score (nSPS) is 11.0. The van der Waals surface area contributed by atoms with Gasteiger partial charge in [-0.25, -0.2) is 4.52 Å². The van der Waals surface area contributed by atoms with E-state index in [9.17, 15) is 14.4 Å². The molecule has 2 aromatic heterocycles. The number of carboxylic acid groups (broad SMARTS) is 1. The van der Waals surface area contributed by atoms with E-state index in [2.05, 4.69) is 15.4 Å². The number of H-pyrrole nitrogens is 1. The summed E-state index contributed by atoms with van der Waals surface area (Å²) in [7, 11) is 0. The van der Waals surface area contributed by atoms with Crippen molar-refractivity contribution in [1.29, 1.82) is 0 Å². The van der Waals surface area contributed by atoms with E-state index < -0.39 is 11.9 Å². The van der Waals surface area contributed by atoms with Gasteiger partial charge >= 0.3 is 5.97 Å². The fourth-order valence-corrected chi connectivity index (χ4v) is 2.38. The van der Waals surface area contributed by atoms with Gasteiger partial charge in [0.2, 0.25) is 0 Å². The number of benzene rings is 1. The number of nitrogens with one attached hydrogen (secondary N) is 2. The van der Waals surface area contributed by atoms with E-state index in [0.717, 1.165) is 0 Å². The summed E-state index contributed by atoms with van der Waals surface area (Å²) in [6, 6.07) is 6.97. The monoisotopic (exact) mass is 314 g/mol. The van der Waals surface area contributed by atoms with Gasteiger partial charge in [-0.05, 0) is 18.6 Å². The number of carbonyl (C=O) groups is 2. The quantitative estimate of drug-likeness (QED) is 0.601. The Balaban J connectivity index is 1.92. The molecule has 0 spiro atoms. The van der Waals surface area contributed by atoms with E-state index in [1.807, 2.05) is 0 Å². The van der Waals surface area contributed by atoms with Gasteiger partial charge in [0.05, 0.1) is 17.1 Å². The van der Waals surface area contributed by atoms with Gasteiger partial charge in [-0.15, -0.1) is 0 Å². The van der Waals surface area contributed by atoms with Crippen LogP contribution in [-0.4, -0.2) is 38.1 Å². The molecule has 0 saturated carbocycles. The summed E-state index contributed by atoms with van der Waals surface area (Å²) in [4.78, 5) is 37.4. The van der Waals surface area contributed by atoms with Gasteiger partial charge in [-0.2, -0.15) is 5.10 Å². The average Bonchev–Trinajstić information content (AvgIpc) is 2.95. The molecule has 118 valence electrons. The second-order valence-electron chi connectivity index (χ2n) is 5.04. The first-order chi connectivity index (χ1) is 11.1. The lowest BCUT2D eigenvalue weighted by Gasteiger charge is -2.04. The molecule has 8 nitrogen and oxygen atoms in total. The third-order valence-electron chi connectivity index (χ3n) is 3.48.